The van der Waals surface area contributed by atoms with Crippen LogP contribution in [0.4, 0.5) is 5.69 Å². The molecule has 0 bridgehead atoms. The number of para-hydroxylation sites is 1. The molecule has 1 unspecified atom stereocenters. The van der Waals surface area contributed by atoms with Crippen LogP contribution in [0, 0.1) is 5.41 Å². The van der Waals surface area contributed by atoms with E-state index in [2.05, 4.69) is 41.5 Å². The first kappa shape index (κ1) is 29.4. The molecule has 0 saturated carbocycles. The highest BCUT2D eigenvalue weighted by Crippen LogP contribution is 2.46. The van der Waals surface area contributed by atoms with Gasteiger partial charge in [-0.05, 0) is 48.8 Å². The van der Waals surface area contributed by atoms with Gasteiger partial charge in [-0.25, -0.2) is 0 Å². The van der Waals surface area contributed by atoms with Crippen molar-refractivity contribution in [3.8, 4) is 0 Å². The molecule has 212 valence electrons. The van der Waals surface area contributed by atoms with Crippen LogP contribution in [0.5, 0.6) is 0 Å². The molecule has 0 radical (unpaired) electrons. The van der Waals surface area contributed by atoms with Gasteiger partial charge in [0, 0.05) is 49.1 Å². The van der Waals surface area contributed by atoms with E-state index in [0.717, 1.165) is 31.4 Å². The summed E-state index contributed by atoms with van der Waals surface area (Å²) >= 11 is 6.75. The van der Waals surface area contributed by atoms with Crippen molar-refractivity contribution in [1.82, 2.24) is 10.2 Å². The van der Waals surface area contributed by atoms with Crippen LogP contribution in [0.15, 0.2) is 54.6 Å². The standard InChI is InChI=1S/C32H44ClN3O3/c1-6-31(4,33)30(2,3)20-28(37)34-26(22-39-21-24-12-8-7-9-13-24)29(38)36-18-16-32(17-19-36)23-35(5)27-15-11-10-14-25(27)32/h7-15,26H,6,16-23H2,1-5H3,(H,34,37)/t26-,31?/m1/s1. The molecule has 2 aliphatic heterocycles. The van der Waals surface area contributed by atoms with Crippen molar-refractivity contribution in [3.05, 3.63) is 65.7 Å². The summed E-state index contributed by atoms with van der Waals surface area (Å²) < 4.78 is 5.97. The van der Waals surface area contributed by atoms with Crippen molar-refractivity contribution >= 4 is 29.1 Å². The summed E-state index contributed by atoms with van der Waals surface area (Å²) in [4.78, 5) is 30.7. The van der Waals surface area contributed by atoms with Gasteiger partial charge in [-0.15, -0.1) is 11.6 Å². The number of nitrogens with one attached hydrogen (secondary N) is 1. The van der Waals surface area contributed by atoms with Crippen LogP contribution in [-0.2, 0) is 26.3 Å². The second-order valence-corrected chi connectivity index (χ2v) is 13.0. The highest BCUT2D eigenvalue weighted by Gasteiger charge is 2.45. The maximum absolute atomic E-state index is 13.8. The molecule has 2 atom stereocenters. The highest BCUT2D eigenvalue weighted by atomic mass is 35.5. The second-order valence-electron chi connectivity index (χ2n) is 12.2. The number of benzene rings is 2. The topological polar surface area (TPSA) is 61.9 Å². The second kappa shape index (κ2) is 11.9. The van der Waals surface area contributed by atoms with E-state index in [1.807, 2.05) is 62.9 Å². The van der Waals surface area contributed by atoms with E-state index in [1.165, 1.54) is 11.3 Å². The Morgan fingerprint density at radius 3 is 2.36 bits per heavy atom. The number of amides is 2. The van der Waals surface area contributed by atoms with Crippen LogP contribution in [0.3, 0.4) is 0 Å². The van der Waals surface area contributed by atoms with E-state index in [1.54, 1.807) is 0 Å². The van der Waals surface area contributed by atoms with Crippen molar-refractivity contribution in [2.75, 3.05) is 38.2 Å². The fourth-order valence-electron chi connectivity index (χ4n) is 6.04. The number of ether oxygens (including phenoxy) is 1. The van der Waals surface area contributed by atoms with Crippen LogP contribution >= 0.6 is 11.6 Å². The van der Waals surface area contributed by atoms with Crippen molar-refractivity contribution < 1.29 is 14.3 Å². The van der Waals surface area contributed by atoms with Gasteiger partial charge in [-0.2, -0.15) is 0 Å². The molecule has 1 N–H and O–H groups in total. The molecule has 2 aliphatic rings. The molecule has 7 heteroatoms. The van der Waals surface area contributed by atoms with E-state index in [9.17, 15) is 9.59 Å². The third kappa shape index (κ3) is 6.44. The summed E-state index contributed by atoms with van der Waals surface area (Å²) in [5, 5.41) is 3.01. The lowest BCUT2D eigenvalue weighted by Crippen LogP contribution is -2.55. The summed E-state index contributed by atoms with van der Waals surface area (Å²) in [5.74, 6) is -0.255. The predicted octanol–water partition coefficient (Wildman–Crippen LogP) is 5.52. The van der Waals surface area contributed by atoms with Gasteiger partial charge in [-0.3, -0.25) is 9.59 Å². The Bertz CT molecular complexity index is 1140. The first-order valence-corrected chi connectivity index (χ1v) is 14.6. The van der Waals surface area contributed by atoms with Gasteiger partial charge in [-0.1, -0.05) is 69.3 Å². The molecule has 1 fully saturated rings. The van der Waals surface area contributed by atoms with Crippen LogP contribution in [-0.4, -0.2) is 60.9 Å². The maximum atomic E-state index is 13.8. The Balaban J connectivity index is 1.43. The number of hydrogen-bond donors (Lipinski definition) is 1. The fraction of sp³-hybridized carbons (Fsp3) is 0.562. The lowest BCUT2D eigenvalue weighted by atomic mass is 9.74. The number of piperidine rings is 1. The van der Waals surface area contributed by atoms with E-state index in [0.29, 0.717) is 19.7 Å². The lowest BCUT2D eigenvalue weighted by molar-refractivity contribution is -0.140. The number of rotatable bonds is 10. The first-order chi connectivity index (χ1) is 18.5. The van der Waals surface area contributed by atoms with E-state index >= 15 is 0 Å². The number of alkyl halides is 1. The van der Waals surface area contributed by atoms with E-state index < -0.39 is 16.3 Å². The average molecular weight is 554 g/mol. The highest BCUT2D eigenvalue weighted by molar-refractivity contribution is 6.24. The molecule has 2 aromatic carbocycles. The number of carbonyl (C=O) groups is 2. The molecular weight excluding hydrogens is 510 g/mol. The molecular formula is C32H44ClN3O3. The number of hydrogen-bond acceptors (Lipinski definition) is 4. The molecule has 6 nitrogen and oxygen atoms in total. The van der Waals surface area contributed by atoms with Gasteiger partial charge in [0.25, 0.3) is 0 Å². The number of carbonyl (C=O) groups excluding carboxylic acids is 2. The Morgan fingerprint density at radius 1 is 1.05 bits per heavy atom. The summed E-state index contributed by atoms with van der Waals surface area (Å²) in [5.41, 5.74) is 3.34. The molecule has 1 spiro atoms. The van der Waals surface area contributed by atoms with E-state index in [-0.39, 0.29) is 30.3 Å². The SMILES string of the molecule is CCC(C)(Cl)C(C)(C)CC(=O)N[C@H](COCc1ccccc1)C(=O)N1CCC2(CC1)CN(C)c1ccccc12. The van der Waals surface area contributed by atoms with Gasteiger partial charge in [0.2, 0.25) is 11.8 Å². The molecule has 39 heavy (non-hydrogen) atoms. The minimum Gasteiger partial charge on any atom is -0.374 e. The molecule has 0 aromatic heterocycles. The van der Waals surface area contributed by atoms with Gasteiger partial charge < -0.3 is 19.9 Å². The van der Waals surface area contributed by atoms with Crippen LogP contribution in [0.2, 0.25) is 0 Å². The first-order valence-electron chi connectivity index (χ1n) is 14.2. The summed E-state index contributed by atoms with van der Waals surface area (Å²) in [7, 11) is 2.15. The predicted molar refractivity (Wildman–Crippen MR) is 158 cm³/mol. The molecule has 2 amide bonds. The molecule has 1 saturated heterocycles. The maximum Gasteiger partial charge on any atom is 0.247 e. The van der Waals surface area contributed by atoms with Crippen molar-refractivity contribution in [2.24, 2.45) is 5.41 Å². The van der Waals surface area contributed by atoms with Crippen LogP contribution in [0.25, 0.3) is 0 Å². The number of anilines is 1. The largest absolute Gasteiger partial charge is 0.374 e. The normalized spacial score (nSPS) is 18.9. The Kier molecular flexibility index (Phi) is 8.97. The number of likely N-dealkylation sites (tertiary alicyclic amines) is 1. The minimum atomic E-state index is -0.743. The van der Waals surface area contributed by atoms with Crippen molar-refractivity contribution in [1.29, 1.82) is 0 Å². The Hall–Kier alpha value is -2.57. The average Bonchev–Trinajstić information content (AvgIpc) is 3.19. The number of halogens is 1. The lowest BCUT2D eigenvalue weighted by Gasteiger charge is -2.41. The smallest absolute Gasteiger partial charge is 0.247 e. The molecule has 2 heterocycles. The summed E-state index contributed by atoms with van der Waals surface area (Å²) in [6.45, 7) is 10.8. The zero-order valence-corrected chi connectivity index (χ0v) is 24.9. The van der Waals surface area contributed by atoms with Crippen molar-refractivity contribution in [2.45, 2.75) is 76.3 Å². The van der Waals surface area contributed by atoms with Gasteiger partial charge >= 0.3 is 0 Å². The molecule has 4 rings (SSSR count). The number of nitrogens with zero attached hydrogens (tertiary/aromatic N) is 2. The Morgan fingerprint density at radius 2 is 1.69 bits per heavy atom. The third-order valence-corrected chi connectivity index (χ3v) is 9.94. The zero-order valence-electron chi connectivity index (χ0n) is 24.1. The van der Waals surface area contributed by atoms with Gasteiger partial charge in [0.05, 0.1) is 13.2 Å². The van der Waals surface area contributed by atoms with Crippen LogP contribution in [0.1, 0.15) is 64.5 Å². The quantitative estimate of drug-likeness (QED) is 0.393. The minimum absolute atomic E-state index is 0.0691. The fourth-order valence-corrected chi connectivity index (χ4v) is 6.10. The van der Waals surface area contributed by atoms with Crippen molar-refractivity contribution in [3.63, 3.8) is 0 Å². The molecule has 2 aromatic rings. The summed E-state index contributed by atoms with van der Waals surface area (Å²) in [6, 6.07) is 17.7. The summed E-state index contributed by atoms with van der Waals surface area (Å²) in [6.07, 6.45) is 2.78. The third-order valence-electron chi connectivity index (χ3n) is 9.17. The number of likely N-dealkylation sites (N-methyl/N-ethyl adjacent to an activating group) is 1. The van der Waals surface area contributed by atoms with E-state index in [4.69, 9.17) is 16.3 Å². The zero-order chi connectivity index (χ0) is 28.3. The van der Waals surface area contributed by atoms with Gasteiger partial charge in [0.15, 0.2) is 0 Å². The molecule has 0 aliphatic carbocycles. The van der Waals surface area contributed by atoms with Crippen LogP contribution < -0.4 is 10.2 Å². The Labute approximate surface area is 239 Å². The number of fused-ring (bicyclic) bond motifs is 2. The van der Waals surface area contributed by atoms with Gasteiger partial charge in [0.1, 0.15) is 6.04 Å². The monoisotopic (exact) mass is 553 g/mol.